The van der Waals surface area contributed by atoms with Crippen molar-refractivity contribution in [3.8, 4) is 0 Å². The second-order valence-corrected chi connectivity index (χ2v) is 4.59. The van der Waals surface area contributed by atoms with Crippen molar-refractivity contribution in [1.29, 1.82) is 0 Å². The molecule has 0 aliphatic carbocycles. The monoisotopic (exact) mass is 266 g/mol. The first-order chi connectivity index (χ1) is 9.13. The average molecular weight is 266 g/mol. The van der Waals surface area contributed by atoms with Crippen LogP contribution in [0.3, 0.4) is 0 Å². The second-order valence-electron chi connectivity index (χ2n) is 4.59. The molecule has 1 aromatic rings. The van der Waals surface area contributed by atoms with Gasteiger partial charge >= 0.3 is 5.69 Å². The zero-order valence-electron chi connectivity index (χ0n) is 10.8. The van der Waals surface area contributed by atoms with Gasteiger partial charge in [-0.3, -0.25) is 16.0 Å². The number of nitrogens with one attached hydrogen (secondary N) is 2. The molecule has 19 heavy (non-hydrogen) atoms. The SMILES string of the molecule is CC(Nc1cccc(NN)c1[N+](=O)[O-])C1CCCO1. The molecular formula is C12H18N4O3. The lowest BCUT2D eigenvalue weighted by Crippen LogP contribution is -2.30. The minimum Gasteiger partial charge on any atom is -0.376 e. The topological polar surface area (TPSA) is 102 Å². The fourth-order valence-electron chi connectivity index (χ4n) is 2.31. The summed E-state index contributed by atoms with van der Waals surface area (Å²) >= 11 is 0. The number of rotatable bonds is 5. The predicted molar refractivity (Wildman–Crippen MR) is 73.0 cm³/mol. The summed E-state index contributed by atoms with van der Waals surface area (Å²) in [6, 6.07) is 4.96. The molecule has 2 unspecified atom stereocenters. The number of para-hydroxylation sites is 1. The third-order valence-corrected chi connectivity index (χ3v) is 3.28. The van der Waals surface area contributed by atoms with Crippen molar-refractivity contribution < 1.29 is 9.66 Å². The number of ether oxygens (including phenoxy) is 1. The van der Waals surface area contributed by atoms with Crippen LogP contribution < -0.4 is 16.6 Å². The van der Waals surface area contributed by atoms with Crippen LogP contribution in [0, 0.1) is 10.1 Å². The fourth-order valence-corrected chi connectivity index (χ4v) is 2.31. The first kappa shape index (κ1) is 13.6. The van der Waals surface area contributed by atoms with E-state index in [1.165, 1.54) is 0 Å². The molecule has 0 spiro atoms. The molecule has 1 aromatic carbocycles. The summed E-state index contributed by atoms with van der Waals surface area (Å²) in [6.07, 6.45) is 2.09. The Labute approximate surface area is 111 Å². The molecular weight excluding hydrogens is 248 g/mol. The van der Waals surface area contributed by atoms with E-state index in [0.717, 1.165) is 19.4 Å². The quantitative estimate of drug-likeness (QED) is 0.427. The highest BCUT2D eigenvalue weighted by molar-refractivity contribution is 5.76. The standard InChI is InChI=1S/C12H18N4O3/c1-8(11-6-3-7-19-11)14-9-4-2-5-10(15-13)12(9)16(17)18/h2,4-5,8,11,14-15H,3,6-7,13H2,1H3. The van der Waals surface area contributed by atoms with Crippen LogP contribution in [0.5, 0.6) is 0 Å². The second kappa shape index (κ2) is 5.85. The van der Waals surface area contributed by atoms with Gasteiger partial charge in [-0.1, -0.05) is 6.07 Å². The maximum atomic E-state index is 11.1. The van der Waals surface area contributed by atoms with Gasteiger partial charge in [-0.2, -0.15) is 0 Å². The maximum Gasteiger partial charge on any atom is 0.316 e. The number of hydrazine groups is 1. The molecule has 1 aliphatic rings. The zero-order valence-corrected chi connectivity index (χ0v) is 10.8. The van der Waals surface area contributed by atoms with Gasteiger partial charge in [-0.25, -0.2) is 0 Å². The van der Waals surface area contributed by atoms with Gasteiger partial charge in [0.15, 0.2) is 0 Å². The van der Waals surface area contributed by atoms with E-state index in [1.807, 2.05) is 6.92 Å². The molecule has 7 heteroatoms. The van der Waals surface area contributed by atoms with Crippen molar-refractivity contribution in [3.63, 3.8) is 0 Å². The lowest BCUT2D eigenvalue weighted by molar-refractivity contribution is -0.383. The van der Waals surface area contributed by atoms with Crippen LogP contribution in [0.15, 0.2) is 18.2 Å². The van der Waals surface area contributed by atoms with E-state index < -0.39 is 4.92 Å². The molecule has 0 radical (unpaired) electrons. The Bertz CT molecular complexity index is 460. The Balaban J connectivity index is 2.21. The molecule has 0 aromatic heterocycles. The third kappa shape index (κ3) is 2.94. The summed E-state index contributed by atoms with van der Waals surface area (Å²) in [5.41, 5.74) is 3.03. The number of nitro benzene ring substituents is 1. The molecule has 0 amide bonds. The number of nitro groups is 1. The van der Waals surface area contributed by atoms with E-state index >= 15 is 0 Å². The molecule has 0 bridgehead atoms. The van der Waals surface area contributed by atoms with E-state index in [1.54, 1.807) is 18.2 Å². The Kier molecular flexibility index (Phi) is 4.18. The van der Waals surface area contributed by atoms with Gasteiger partial charge in [0.05, 0.1) is 11.0 Å². The number of hydrogen-bond donors (Lipinski definition) is 3. The van der Waals surface area contributed by atoms with Crippen LogP contribution in [0.4, 0.5) is 17.1 Å². The van der Waals surface area contributed by atoms with E-state index in [2.05, 4.69) is 10.7 Å². The highest BCUT2D eigenvalue weighted by atomic mass is 16.6. The first-order valence-electron chi connectivity index (χ1n) is 6.25. The van der Waals surface area contributed by atoms with Crippen LogP contribution in [0.2, 0.25) is 0 Å². The lowest BCUT2D eigenvalue weighted by atomic mass is 10.1. The van der Waals surface area contributed by atoms with Crippen LogP contribution in [-0.2, 0) is 4.74 Å². The molecule has 4 N–H and O–H groups in total. The van der Waals surface area contributed by atoms with Gasteiger partial charge in [-0.15, -0.1) is 0 Å². The van der Waals surface area contributed by atoms with Crippen molar-refractivity contribution in [3.05, 3.63) is 28.3 Å². The van der Waals surface area contributed by atoms with E-state index in [-0.39, 0.29) is 23.5 Å². The van der Waals surface area contributed by atoms with Gasteiger partial charge in [0.25, 0.3) is 0 Å². The van der Waals surface area contributed by atoms with Gasteiger partial charge in [0.1, 0.15) is 11.4 Å². The highest BCUT2D eigenvalue weighted by Crippen LogP contribution is 2.33. The number of nitrogen functional groups attached to an aromatic ring is 1. The summed E-state index contributed by atoms with van der Waals surface area (Å²) in [4.78, 5) is 10.7. The van der Waals surface area contributed by atoms with Crippen molar-refractivity contribution in [2.75, 3.05) is 17.3 Å². The summed E-state index contributed by atoms with van der Waals surface area (Å²) in [5.74, 6) is 5.30. The lowest BCUT2D eigenvalue weighted by Gasteiger charge is -2.21. The molecule has 0 saturated carbocycles. The van der Waals surface area contributed by atoms with Crippen LogP contribution >= 0.6 is 0 Å². The number of anilines is 2. The first-order valence-corrected chi connectivity index (χ1v) is 6.25. The van der Waals surface area contributed by atoms with Crippen LogP contribution in [0.1, 0.15) is 19.8 Å². The number of nitrogens with zero attached hydrogens (tertiary/aromatic N) is 1. The Hall–Kier alpha value is -1.86. The summed E-state index contributed by atoms with van der Waals surface area (Å²) in [7, 11) is 0. The van der Waals surface area contributed by atoms with Crippen molar-refractivity contribution >= 4 is 17.1 Å². The molecule has 2 rings (SSSR count). The van der Waals surface area contributed by atoms with E-state index in [4.69, 9.17) is 10.6 Å². The summed E-state index contributed by atoms with van der Waals surface area (Å²) in [5, 5.41) is 14.3. The van der Waals surface area contributed by atoms with E-state index in [9.17, 15) is 10.1 Å². The number of benzene rings is 1. The largest absolute Gasteiger partial charge is 0.376 e. The maximum absolute atomic E-state index is 11.1. The zero-order chi connectivity index (χ0) is 13.8. The van der Waals surface area contributed by atoms with Crippen LogP contribution in [0.25, 0.3) is 0 Å². The third-order valence-electron chi connectivity index (χ3n) is 3.28. The molecule has 7 nitrogen and oxygen atoms in total. The smallest absolute Gasteiger partial charge is 0.316 e. The number of nitrogens with two attached hydrogens (primary N) is 1. The van der Waals surface area contributed by atoms with Gasteiger partial charge < -0.3 is 15.5 Å². The highest BCUT2D eigenvalue weighted by Gasteiger charge is 2.26. The minimum atomic E-state index is -0.445. The fraction of sp³-hybridized carbons (Fsp3) is 0.500. The Morgan fingerprint density at radius 1 is 1.53 bits per heavy atom. The molecule has 1 fully saturated rings. The van der Waals surface area contributed by atoms with Crippen molar-refractivity contribution in [1.82, 2.24) is 0 Å². The summed E-state index contributed by atoms with van der Waals surface area (Å²) < 4.78 is 5.57. The molecule has 1 heterocycles. The Morgan fingerprint density at radius 2 is 2.26 bits per heavy atom. The normalized spacial score (nSPS) is 20.0. The minimum absolute atomic E-state index is 0.00854. The number of hydrogen-bond acceptors (Lipinski definition) is 6. The predicted octanol–water partition coefficient (Wildman–Crippen LogP) is 1.86. The average Bonchev–Trinajstić information content (AvgIpc) is 2.92. The van der Waals surface area contributed by atoms with Crippen molar-refractivity contribution in [2.45, 2.75) is 31.9 Å². The van der Waals surface area contributed by atoms with E-state index in [0.29, 0.717) is 5.69 Å². The van der Waals surface area contributed by atoms with Gasteiger partial charge in [0, 0.05) is 12.6 Å². The Morgan fingerprint density at radius 3 is 2.84 bits per heavy atom. The molecule has 1 saturated heterocycles. The molecule has 1 aliphatic heterocycles. The van der Waals surface area contributed by atoms with Gasteiger partial charge in [0.2, 0.25) is 0 Å². The molecule has 2 atom stereocenters. The summed E-state index contributed by atoms with van der Waals surface area (Å²) in [6.45, 7) is 2.71. The molecule has 104 valence electrons. The van der Waals surface area contributed by atoms with Crippen molar-refractivity contribution in [2.24, 2.45) is 5.84 Å². The van der Waals surface area contributed by atoms with Gasteiger partial charge in [-0.05, 0) is 31.9 Å². The van der Waals surface area contributed by atoms with Crippen LogP contribution in [-0.4, -0.2) is 23.7 Å².